The third-order valence-electron chi connectivity index (χ3n) is 9.13. The van der Waals surface area contributed by atoms with E-state index in [2.05, 4.69) is 39.0 Å². The number of aliphatic hydroxyl groups is 1. The van der Waals surface area contributed by atoms with Gasteiger partial charge in [-0.15, -0.1) is 0 Å². The molecule has 0 saturated heterocycles. The van der Waals surface area contributed by atoms with Gasteiger partial charge in [-0.3, -0.25) is 0 Å². The second-order valence-electron chi connectivity index (χ2n) is 10.2. The number of hydrogen-bond donors (Lipinski definition) is 1. The lowest BCUT2D eigenvalue weighted by molar-refractivity contribution is -0.0464. The molecule has 1 aromatic rings. The van der Waals surface area contributed by atoms with Crippen molar-refractivity contribution in [1.29, 1.82) is 0 Å². The molecule has 2 saturated carbocycles. The zero-order chi connectivity index (χ0) is 18.8. The molecule has 0 aromatic carbocycles. The van der Waals surface area contributed by atoms with Crippen LogP contribution in [-0.4, -0.2) is 11.2 Å². The average Bonchev–Trinajstić information content (AvgIpc) is 3.28. The Labute approximate surface area is 163 Å². The van der Waals surface area contributed by atoms with Crippen molar-refractivity contribution in [1.82, 2.24) is 0 Å². The third-order valence-corrected chi connectivity index (χ3v) is 9.13. The van der Waals surface area contributed by atoms with Gasteiger partial charge in [-0.05, 0) is 91.1 Å². The predicted octanol–water partition coefficient (Wildman–Crippen LogP) is 6.23. The van der Waals surface area contributed by atoms with Crippen molar-refractivity contribution in [2.75, 3.05) is 0 Å². The first-order valence-electron chi connectivity index (χ1n) is 11.1. The molecule has 2 fully saturated rings. The average molecular weight is 367 g/mol. The third kappa shape index (κ3) is 2.41. The van der Waals surface area contributed by atoms with Gasteiger partial charge in [0.1, 0.15) is 0 Å². The van der Waals surface area contributed by atoms with Crippen molar-refractivity contribution in [3.05, 3.63) is 41.9 Å². The Morgan fingerprint density at radius 3 is 2.70 bits per heavy atom. The SMILES string of the molecule is CCC1C=C2CC(O)CC[C@]2(C)[C@@H]2CC[C@]3(C)C(c4ccoc4)=CC[C@H]3[C@H]12. The second-order valence-corrected chi connectivity index (χ2v) is 10.2. The number of fused-ring (bicyclic) bond motifs is 5. The molecule has 4 aliphatic rings. The highest BCUT2D eigenvalue weighted by Gasteiger charge is 2.58. The van der Waals surface area contributed by atoms with Crippen molar-refractivity contribution >= 4 is 5.57 Å². The molecule has 0 amide bonds. The molecule has 0 bridgehead atoms. The van der Waals surface area contributed by atoms with Crippen molar-refractivity contribution in [3.8, 4) is 0 Å². The number of hydrogen-bond acceptors (Lipinski definition) is 2. The van der Waals surface area contributed by atoms with E-state index in [0.717, 1.165) is 30.6 Å². The normalized spacial score (nSPS) is 46.1. The maximum atomic E-state index is 10.3. The van der Waals surface area contributed by atoms with Crippen LogP contribution in [0, 0.1) is 34.5 Å². The van der Waals surface area contributed by atoms with Gasteiger partial charge in [0.2, 0.25) is 0 Å². The van der Waals surface area contributed by atoms with E-state index >= 15 is 0 Å². The summed E-state index contributed by atoms with van der Waals surface area (Å²) in [6, 6.07) is 2.14. The zero-order valence-corrected chi connectivity index (χ0v) is 17.1. The van der Waals surface area contributed by atoms with E-state index < -0.39 is 0 Å². The van der Waals surface area contributed by atoms with Crippen LogP contribution in [0.5, 0.6) is 0 Å². The van der Waals surface area contributed by atoms with Gasteiger partial charge in [-0.25, -0.2) is 0 Å². The monoisotopic (exact) mass is 366 g/mol. The van der Waals surface area contributed by atoms with Crippen molar-refractivity contribution in [2.24, 2.45) is 34.5 Å². The van der Waals surface area contributed by atoms with Crippen LogP contribution in [-0.2, 0) is 0 Å². The van der Waals surface area contributed by atoms with Crippen molar-refractivity contribution in [2.45, 2.75) is 71.8 Å². The van der Waals surface area contributed by atoms with Crippen LogP contribution in [0.1, 0.15) is 71.3 Å². The highest BCUT2D eigenvalue weighted by molar-refractivity contribution is 5.72. The summed E-state index contributed by atoms with van der Waals surface area (Å²) in [5, 5.41) is 10.3. The molecule has 1 N–H and O–H groups in total. The number of rotatable bonds is 2. The van der Waals surface area contributed by atoms with E-state index in [-0.39, 0.29) is 11.5 Å². The number of furan rings is 1. The second kappa shape index (κ2) is 6.11. The predicted molar refractivity (Wildman–Crippen MR) is 109 cm³/mol. The van der Waals surface area contributed by atoms with E-state index in [9.17, 15) is 5.11 Å². The molecular formula is C25H34O2. The van der Waals surface area contributed by atoms with Crippen molar-refractivity contribution < 1.29 is 9.52 Å². The van der Waals surface area contributed by atoms with Gasteiger partial charge in [0.15, 0.2) is 0 Å². The highest BCUT2D eigenvalue weighted by Crippen LogP contribution is 2.67. The first kappa shape index (κ1) is 17.8. The molecular weight excluding hydrogens is 332 g/mol. The first-order chi connectivity index (χ1) is 13.0. The minimum absolute atomic E-state index is 0.118. The van der Waals surface area contributed by atoms with Crippen LogP contribution in [0.3, 0.4) is 0 Å². The van der Waals surface area contributed by atoms with Gasteiger partial charge in [-0.2, -0.15) is 0 Å². The summed E-state index contributed by atoms with van der Waals surface area (Å²) in [7, 11) is 0. The van der Waals surface area contributed by atoms with Gasteiger partial charge in [0, 0.05) is 5.56 Å². The molecule has 2 nitrogen and oxygen atoms in total. The van der Waals surface area contributed by atoms with Gasteiger partial charge in [0.05, 0.1) is 18.6 Å². The maximum Gasteiger partial charge on any atom is 0.0977 e. The van der Waals surface area contributed by atoms with Gasteiger partial charge < -0.3 is 9.52 Å². The van der Waals surface area contributed by atoms with E-state index in [1.807, 2.05) is 12.5 Å². The fourth-order valence-electron chi connectivity index (χ4n) is 7.63. The molecule has 1 heterocycles. The summed E-state index contributed by atoms with van der Waals surface area (Å²) in [5.41, 5.74) is 5.02. The zero-order valence-electron chi connectivity index (χ0n) is 17.1. The van der Waals surface area contributed by atoms with E-state index in [1.165, 1.54) is 43.2 Å². The van der Waals surface area contributed by atoms with E-state index in [0.29, 0.717) is 11.3 Å². The van der Waals surface area contributed by atoms with E-state index in [1.54, 1.807) is 5.57 Å². The molecule has 7 atom stereocenters. The van der Waals surface area contributed by atoms with Gasteiger partial charge >= 0.3 is 0 Å². The molecule has 0 spiro atoms. The van der Waals surface area contributed by atoms with Gasteiger partial charge in [0.25, 0.3) is 0 Å². The number of allylic oxidation sites excluding steroid dienone is 3. The molecule has 27 heavy (non-hydrogen) atoms. The van der Waals surface area contributed by atoms with Crippen molar-refractivity contribution in [3.63, 3.8) is 0 Å². The topological polar surface area (TPSA) is 33.4 Å². The summed E-state index contributed by atoms with van der Waals surface area (Å²) >= 11 is 0. The molecule has 0 radical (unpaired) electrons. The molecule has 2 unspecified atom stereocenters. The Bertz CT molecular complexity index is 772. The molecule has 0 aliphatic heterocycles. The van der Waals surface area contributed by atoms with Crippen LogP contribution in [0.25, 0.3) is 5.57 Å². The van der Waals surface area contributed by atoms with Crippen LogP contribution < -0.4 is 0 Å². The highest BCUT2D eigenvalue weighted by atomic mass is 16.3. The quantitative estimate of drug-likeness (QED) is 0.629. The fraction of sp³-hybridized carbons (Fsp3) is 0.680. The molecule has 5 rings (SSSR count). The molecule has 2 heteroatoms. The lowest BCUT2D eigenvalue weighted by atomic mass is 9.45. The van der Waals surface area contributed by atoms with Crippen LogP contribution in [0.4, 0.5) is 0 Å². The Hall–Kier alpha value is -1.28. The first-order valence-corrected chi connectivity index (χ1v) is 11.1. The Kier molecular flexibility index (Phi) is 4.03. The molecule has 146 valence electrons. The lowest BCUT2D eigenvalue weighted by Crippen LogP contribution is -2.52. The van der Waals surface area contributed by atoms with Crippen LogP contribution in [0.15, 0.2) is 40.7 Å². The molecule has 4 aliphatic carbocycles. The smallest absolute Gasteiger partial charge is 0.0977 e. The summed E-state index contributed by atoms with van der Waals surface area (Å²) in [6.45, 7) is 7.42. The van der Waals surface area contributed by atoms with Crippen LogP contribution >= 0.6 is 0 Å². The summed E-state index contributed by atoms with van der Waals surface area (Å²) in [6.07, 6.45) is 16.9. The number of aliphatic hydroxyl groups excluding tert-OH is 1. The lowest BCUT2D eigenvalue weighted by Gasteiger charge is -2.59. The minimum atomic E-state index is -0.118. The maximum absolute atomic E-state index is 10.3. The van der Waals surface area contributed by atoms with Crippen LogP contribution in [0.2, 0.25) is 0 Å². The van der Waals surface area contributed by atoms with Gasteiger partial charge in [-0.1, -0.05) is 38.5 Å². The summed E-state index contributed by atoms with van der Waals surface area (Å²) in [4.78, 5) is 0. The fourth-order valence-corrected chi connectivity index (χ4v) is 7.63. The van der Waals surface area contributed by atoms with E-state index in [4.69, 9.17) is 4.42 Å². The Balaban J connectivity index is 1.54. The molecule has 1 aromatic heterocycles. The summed E-state index contributed by atoms with van der Waals surface area (Å²) in [5.74, 6) is 2.97. The Morgan fingerprint density at radius 2 is 1.96 bits per heavy atom. The minimum Gasteiger partial charge on any atom is -0.472 e. The Morgan fingerprint density at radius 1 is 1.15 bits per heavy atom. The summed E-state index contributed by atoms with van der Waals surface area (Å²) < 4.78 is 5.42. The standard InChI is InChI=1S/C25H34O2/c1-4-16-13-18-14-19(26)7-10-24(18,2)22-8-11-25(3)20(17-9-12-27-15-17)5-6-21(25)23(16)22/h5,9,12-13,15-16,19,21-23,26H,4,6-8,10-11,14H2,1-3H3/t16?,19?,21-,22+,23-,24-,25+/m0/s1. The largest absolute Gasteiger partial charge is 0.472 e.